The molecule has 1 aromatic heterocycles. The fourth-order valence-electron chi connectivity index (χ4n) is 1.68. The summed E-state index contributed by atoms with van der Waals surface area (Å²) in [6, 6.07) is 7.33. The van der Waals surface area contributed by atoms with Crippen LogP contribution in [0.2, 0.25) is 0 Å². The highest BCUT2D eigenvalue weighted by Gasteiger charge is 2.06. The second-order valence-corrected chi connectivity index (χ2v) is 4.42. The number of nitrogens with one attached hydrogen (secondary N) is 2. The van der Waals surface area contributed by atoms with E-state index < -0.39 is 5.97 Å². The standard InChI is InChI=1S/C14H15N3O4/c1-9(18)15-10-2-4-11(5-3-10)16-14-17-12(8-21-14)6-7-13(19)20/h2-5,8H,6-7H2,1H3,(H,15,18)(H,16,17)(H,19,20). The average molecular weight is 289 g/mol. The van der Waals surface area contributed by atoms with Gasteiger partial charge >= 0.3 is 5.97 Å². The van der Waals surface area contributed by atoms with E-state index in [4.69, 9.17) is 9.52 Å². The van der Waals surface area contributed by atoms with Gasteiger partial charge in [-0.25, -0.2) is 0 Å². The van der Waals surface area contributed by atoms with Gasteiger partial charge in [0.2, 0.25) is 5.91 Å². The van der Waals surface area contributed by atoms with Gasteiger partial charge in [-0.05, 0) is 24.3 Å². The van der Waals surface area contributed by atoms with Crippen LogP contribution in [0.25, 0.3) is 0 Å². The zero-order valence-corrected chi connectivity index (χ0v) is 11.4. The number of carbonyl (C=O) groups is 2. The fraction of sp³-hybridized carbons (Fsp3) is 0.214. The Bertz CT molecular complexity index is 634. The van der Waals surface area contributed by atoms with Gasteiger partial charge in [-0.3, -0.25) is 9.59 Å². The zero-order chi connectivity index (χ0) is 15.2. The van der Waals surface area contributed by atoms with Crippen LogP contribution in [0.1, 0.15) is 19.0 Å². The highest BCUT2D eigenvalue weighted by atomic mass is 16.4. The summed E-state index contributed by atoms with van der Waals surface area (Å²) < 4.78 is 5.21. The number of anilines is 3. The van der Waals surface area contributed by atoms with Crippen LogP contribution in [-0.2, 0) is 16.0 Å². The minimum absolute atomic E-state index is 0.0113. The van der Waals surface area contributed by atoms with Crippen molar-refractivity contribution in [2.24, 2.45) is 0 Å². The Morgan fingerprint density at radius 3 is 2.52 bits per heavy atom. The highest BCUT2D eigenvalue weighted by molar-refractivity contribution is 5.88. The van der Waals surface area contributed by atoms with Crippen molar-refractivity contribution < 1.29 is 19.1 Å². The minimum Gasteiger partial charge on any atom is -0.481 e. The SMILES string of the molecule is CC(=O)Nc1ccc(Nc2nc(CCC(=O)O)co2)cc1. The Morgan fingerprint density at radius 2 is 1.90 bits per heavy atom. The molecule has 0 bridgehead atoms. The first-order chi connectivity index (χ1) is 10.0. The largest absolute Gasteiger partial charge is 0.481 e. The molecule has 0 aliphatic carbocycles. The van der Waals surface area contributed by atoms with Crippen LogP contribution in [0, 0.1) is 0 Å². The van der Waals surface area contributed by atoms with Gasteiger partial charge in [0.05, 0.1) is 12.1 Å². The third-order valence-electron chi connectivity index (χ3n) is 2.60. The Morgan fingerprint density at radius 1 is 1.24 bits per heavy atom. The van der Waals surface area contributed by atoms with Gasteiger partial charge in [-0.2, -0.15) is 4.98 Å². The van der Waals surface area contributed by atoms with Crippen molar-refractivity contribution in [3.63, 3.8) is 0 Å². The number of benzene rings is 1. The number of oxazole rings is 1. The molecule has 0 radical (unpaired) electrons. The number of aryl methyl sites for hydroxylation is 1. The lowest BCUT2D eigenvalue weighted by atomic mass is 10.2. The van der Waals surface area contributed by atoms with Gasteiger partial charge in [0, 0.05) is 24.7 Å². The second-order valence-electron chi connectivity index (χ2n) is 4.42. The van der Waals surface area contributed by atoms with Gasteiger partial charge in [0.15, 0.2) is 0 Å². The smallest absolute Gasteiger partial charge is 0.303 e. The summed E-state index contributed by atoms with van der Waals surface area (Å²) in [6.45, 7) is 1.44. The molecule has 1 amide bonds. The van der Waals surface area contributed by atoms with E-state index in [9.17, 15) is 9.59 Å². The second kappa shape index (κ2) is 6.56. The van der Waals surface area contributed by atoms with E-state index in [-0.39, 0.29) is 12.3 Å². The minimum atomic E-state index is -0.874. The zero-order valence-electron chi connectivity index (χ0n) is 11.4. The van der Waals surface area contributed by atoms with Crippen molar-refractivity contribution in [3.05, 3.63) is 36.2 Å². The summed E-state index contributed by atoms with van der Waals surface area (Å²) in [5, 5.41) is 14.2. The topological polar surface area (TPSA) is 104 Å². The van der Waals surface area contributed by atoms with Gasteiger partial charge in [0.25, 0.3) is 6.01 Å². The summed E-state index contributed by atoms with van der Waals surface area (Å²) in [5.41, 5.74) is 2.02. The maximum Gasteiger partial charge on any atom is 0.303 e. The van der Waals surface area contributed by atoms with E-state index in [2.05, 4.69) is 15.6 Å². The fourth-order valence-corrected chi connectivity index (χ4v) is 1.68. The van der Waals surface area contributed by atoms with Crippen LogP contribution >= 0.6 is 0 Å². The molecule has 0 saturated carbocycles. The van der Waals surface area contributed by atoms with Crippen molar-refractivity contribution >= 4 is 29.3 Å². The Labute approximate surface area is 121 Å². The lowest BCUT2D eigenvalue weighted by Crippen LogP contribution is -2.05. The van der Waals surface area contributed by atoms with Crippen LogP contribution in [0.4, 0.5) is 17.4 Å². The number of aromatic nitrogens is 1. The molecule has 0 saturated heterocycles. The molecule has 0 aliphatic rings. The van der Waals surface area contributed by atoms with Crippen molar-refractivity contribution in [2.75, 3.05) is 10.6 Å². The predicted octanol–water partition coefficient (Wildman–Crippen LogP) is 2.39. The van der Waals surface area contributed by atoms with Crippen molar-refractivity contribution in [1.82, 2.24) is 4.98 Å². The summed E-state index contributed by atoms with van der Waals surface area (Å²) in [4.78, 5) is 25.5. The van der Waals surface area contributed by atoms with Crippen LogP contribution in [-0.4, -0.2) is 22.0 Å². The number of rotatable bonds is 6. The molecular formula is C14H15N3O4. The number of nitrogens with zero attached hydrogens (tertiary/aromatic N) is 1. The molecule has 1 heterocycles. The molecule has 110 valence electrons. The van der Waals surface area contributed by atoms with E-state index in [0.717, 1.165) is 5.69 Å². The summed E-state index contributed by atoms with van der Waals surface area (Å²) in [5.74, 6) is -1.01. The predicted molar refractivity (Wildman–Crippen MR) is 76.5 cm³/mol. The quantitative estimate of drug-likeness (QED) is 0.754. The number of aliphatic carboxylic acids is 1. The number of carboxylic acids is 1. The number of hydrogen-bond acceptors (Lipinski definition) is 5. The molecule has 7 heteroatoms. The average Bonchev–Trinajstić information content (AvgIpc) is 2.86. The number of amides is 1. The van der Waals surface area contributed by atoms with Gasteiger partial charge in [-0.15, -0.1) is 0 Å². The molecule has 0 aliphatic heterocycles. The van der Waals surface area contributed by atoms with E-state index in [1.807, 2.05) is 0 Å². The number of hydrogen-bond donors (Lipinski definition) is 3. The summed E-state index contributed by atoms with van der Waals surface area (Å²) >= 11 is 0. The molecule has 1 aromatic carbocycles. The lowest BCUT2D eigenvalue weighted by Gasteiger charge is -2.04. The first kappa shape index (κ1) is 14.6. The molecular weight excluding hydrogens is 274 g/mol. The highest BCUT2D eigenvalue weighted by Crippen LogP contribution is 2.19. The Kier molecular flexibility index (Phi) is 4.55. The van der Waals surface area contributed by atoms with Crippen molar-refractivity contribution in [3.8, 4) is 0 Å². The number of carboxylic acid groups (broad SMARTS) is 1. The Balaban J connectivity index is 1.95. The molecule has 2 rings (SSSR count). The van der Waals surface area contributed by atoms with E-state index >= 15 is 0 Å². The molecule has 0 fully saturated rings. The van der Waals surface area contributed by atoms with E-state index in [0.29, 0.717) is 23.8 Å². The third kappa shape index (κ3) is 4.64. The summed E-state index contributed by atoms with van der Waals surface area (Å²) in [7, 11) is 0. The van der Waals surface area contributed by atoms with Gasteiger partial charge in [-0.1, -0.05) is 0 Å². The maximum atomic E-state index is 10.9. The number of carbonyl (C=O) groups excluding carboxylic acids is 1. The van der Waals surface area contributed by atoms with Gasteiger partial charge in [0.1, 0.15) is 6.26 Å². The van der Waals surface area contributed by atoms with E-state index in [1.54, 1.807) is 24.3 Å². The molecule has 0 atom stereocenters. The van der Waals surface area contributed by atoms with Crippen molar-refractivity contribution in [1.29, 1.82) is 0 Å². The summed E-state index contributed by atoms with van der Waals surface area (Å²) in [6.07, 6.45) is 1.76. The molecule has 7 nitrogen and oxygen atoms in total. The van der Waals surface area contributed by atoms with E-state index in [1.165, 1.54) is 13.2 Å². The maximum absolute atomic E-state index is 10.9. The lowest BCUT2D eigenvalue weighted by molar-refractivity contribution is -0.137. The first-order valence-electron chi connectivity index (χ1n) is 6.34. The molecule has 0 spiro atoms. The molecule has 3 N–H and O–H groups in total. The Hall–Kier alpha value is -2.83. The van der Waals surface area contributed by atoms with Crippen LogP contribution in [0.5, 0.6) is 0 Å². The first-order valence-corrected chi connectivity index (χ1v) is 6.34. The normalized spacial score (nSPS) is 10.1. The molecule has 2 aromatic rings. The monoisotopic (exact) mass is 289 g/mol. The van der Waals surface area contributed by atoms with Gasteiger partial charge < -0.3 is 20.2 Å². The van der Waals surface area contributed by atoms with Crippen LogP contribution < -0.4 is 10.6 Å². The third-order valence-corrected chi connectivity index (χ3v) is 2.60. The molecule has 0 unspecified atom stereocenters. The molecule has 21 heavy (non-hydrogen) atoms. The van der Waals surface area contributed by atoms with Crippen LogP contribution in [0.15, 0.2) is 34.9 Å². The van der Waals surface area contributed by atoms with Crippen LogP contribution in [0.3, 0.4) is 0 Å². The van der Waals surface area contributed by atoms with Crippen molar-refractivity contribution in [2.45, 2.75) is 19.8 Å².